The Labute approximate surface area is 145 Å². The van der Waals surface area contributed by atoms with Crippen molar-refractivity contribution in [2.24, 2.45) is 0 Å². The molecular weight excluding hydrogens is 328 g/mol. The summed E-state index contributed by atoms with van der Waals surface area (Å²) in [6.07, 6.45) is 1.03. The fourth-order valence-corrected chi connectivity index (χ4v) is 3.73. The number of aryl methyl sites for hydroxylation is 1. The number of aromatic nitrogens is 2. The average molecular weight is 351 g/mol. The van der Waals surface area contributed by atoms with Crippen molar-refractivity contribution in [3.05, 3.63) is 29.8 Å². The van der Waals surface area contributed by atoms with E-state index in [2.05, 4.69) is 34.6 Å². The number of benzene rings is 1. The van der Waals surface area contributed by atoms with Gasteiger partial charge in [-0.15, -0.1) is 10.2 Å². The van der Waals surface area contributed by atoms with E-state index in [0.717, 1.165) is 34.7 Å². The molecule has 0 aliphatic rings. The molecule has 1 heterocycles. The predicted octanol–water partition coefficient (Wildman–Crippen LogP) is 3.80. The van der Waals surface area contributed by atoms with Crippen molar-refractivity contribution in [2.45, 2.75) is 31.5 Å². The first kappa shape index (κ1) is 17.7. The highest BCUT2D eigenvalue weighted by molar-refractivity contribution is 8.01. The predicted molar refractivity (Wildman–Crippen MR) is 97.7 cm³/mol. The van der Waals surface area contributed by atoms with Gasteiger partial charge in [-0.1, -0.05) is 42.2 Å². The van der Waals surface area contributed by atoms with E-state index in [-0.39, 0.29) is 5.91 Å². The van der Waals surface area contributed by atoms with Crippen LogP contribution in [-0.4, -0.2) is 39.8 Å². The van der Waals surface area contributed by atoms with E-state index in [4.69, 9.17) is 0 Å². The van der Waals surface area contributed by atoms with E-state index in [1.165, 1.54) is 28.7 Å². The quantitative estimate of drug-likeness (QED) is 0.734. The molecular formula is C16H22N4OS2. The first-order valence-corrected chi connectivity index (χ1v) is 9.56. The van der Waals surface area contributed by atoms with Crippen LogP contribution in [0, 0.1) is 0 Å². The molecule has 0 aliphatic carbocycles. The van der Waals surface area contributed by atoms with Crippen LogP contribution in [0.2, 0.25) is 0 Å². The Kier molecular flexibility index (Phi) is 6.85. The Balaban J connectivity index is 1.88. The van der Waals surface area contributed by atoms with Crippen molar-refractivity contribution >= 4 is 39.8 Å². The van der Waals surface area contributed by atoms with Crippen molar-refractivity contribution in [3.8, 4) is 0 Å². The van der Waals surface area contributed by atoms with Crippen molar-refractivity contribution < 1.29 is 4.79 Å². The average Bonchev–Trinajstić information content (AvgIpc) is 3.02. The molecule has 2 rings (SSSR count). The molecule has 0 atom stereocenters. The van der Waals surface area contributed by atoms with Crippen LogP contribution in [0.3, 0.4) is 0 Å². The topological polar surface area (TPSA) is 58.1 Å². The first-order valence-electron chi connectivity index (χ1n) is 7.76. The van der Waals surface area contributed by atoms with Gasteiger partial charge in [-0.05, 0) is 38.0 Å². The molecule has 0 saturated carbocycles. The Hall–Kier alpha value is -1.60. The van der Waals surface area contributed by atoms with Gasteiger partial charge in [0.2, 0.25) is 11.0 Å². The lowest BCUT2D eigenvalue weighted by Gasteiger charge is -2.17. The largest absolute Gasteiger partial charge is 0.343 e. The fourth-order valence-electron chi connectivity index (χ4n) is 2.06. The minimum Gasteiger partial charge on any atom is -0.343 e. The van der Waals surface area contributed by atoms with Crippen LogP contribution in [-0.2, 0) is 11.2 Å². The van der Waals surface area contributed by atoms with Gasteiger partial charge >= 0.3 is 0 Å². The third kappa shape index (κ3) is 5.21. The van der Waals surface area contributed by atoms with Crippen LogP contribution < -0.4 is 5.32 Å². The van der Waals surface area contributed by atoms with E-state index < -0.39 is 0 Å². The van der Waals surface area contributed by atoms with Crippen LogP contribution in [0.4, 0.5) is 10.8 Å². The number of thioether (sulfide) groups is 1. The molecule has 1 aromatic carbocycles. The number of amides is 1. The number of carbonyl (C=O) groups excluding carboxylic acids is 1. The van der Waals surface area contributed by atoms with Crippen LogP contribution in [0.5, 0.6) is 0 Å². The molecule has 0 radical (unpaired) electrons. The lowest BCUT2D eigenvalue weighted by molar-refractivity contribution is -0.127. The van der Waals surface area contributed by atoms with E-state index in [1.807, 2.05) is 30.9 Å². The standard InChI is InChI=1S/C16H22N4OS2/c1-4-12-7-9-13(10-8-12)17-15-18-19-16(23-15)22-11-14(21)20(5-2)6-3/h7-10H,4-6,11H2,1-3H3,(H,17,18). The number of hydrogen-bond acceptors (Lipinski definition) is 6. The summed E-state index contributed by atoms with van der Waals surface area (Å²) in [5.74, 6) is 0.543. The van der Waals surface area contributed by atoms with Crippen molar-refractivity contribution in [2.75, 3.05) is 24.2 Å². The zero-order valence-electron chi connectivity index (χ0n) is 13.7. The molecule has 2 aromatic rings. The summed E-state index contributed by atoms with van der Waals surface area (Å²) in [5, 5.41) is 12.2. The van der Waals surface area contributed by atoms with E-state index in [1.54, 1.807) is 0 Å². The number of nitrogens with zero attached hydrogens (tertiary/aromatic N) is 3. The second kappa shape index (κ2) is 8.88. The van der Waals surface area contributed by atoms with Crippen LogP contribution in [0.1, 0.15) is 26.3 Å². The van der Waals surface area contributed by atoms with Gasteiger partial charge in [0.05, 0.1) is 5.75 Å². The Morgan fingerprint density at radius 1 is 1.17 bits per heavy atom. The van der Waals surface area contributed by atoms with Crippen molar-refractivity contribution in [1.82, 2.24) is 15.1 Å². The highest BCUT2D eigenvalue weighted by atomic mass is 32.2. The summed E-state index contributed by atoms with van der Waals surface area (Å²) in [4.78, 5) is 13.8. The monoisotopic (exact) mass is 350 g/mol. The number of carbonyl (C=O) groups is 1. The molecule has 124 valence electrons. The van der Waals surface area contributed by atoms with E-state index >= 15 is 0 Å². The SMILES string of the molecule is CCc1ccc(Nc2nnc(SCC(=O)N(CC)CC)s2)cc1. The zero-order chi connectivity index (χ0) is 16.7. The number of anilines is 2. The summed E-state index contributed by atoms with van der Waals surface area (Å²) < 4.78 is 0.804. The Bertz CT molecular complexity index is 623. The normalized spacial score (nSPS) is 10.6. The van der Waals surface area contributed by atoms with E-state index in [0.29, 0.717) is 5.75 Å². The zero-order valence-corrected chi connectivity index (χ0v) is 15.3. The molecule has 0 saturated heterocycles. The van der Waals surface area contributed by atoms with Gasteiger partial charge in [-0.25, -0.2) is 0 Å². The summed E-state index contributed by atoms with van der Waals surface area (Å²) in [6.45, 7) is 7.60. The molecule has 0 fully saturated rings. The van der Waals surface area contributed by atoms with Crippen LogP contribution >= 0.6 is 23.1 Å². The van der Waals surface area contributed by atoms with Gasteiger partial charge in [0, 0.05) is 18.8 Å². The molecule has 5 nitrogen and oxygen atoms in total. The van der Waals surface area contributed by atoms with Gasteiger partial charge in [0.25, 0.3) is 0 Å². The van der Waals surface area contributed by atoms with Crippen LogP contribution in [0.25, 0.3) is 0 Å². The van der Waals surface area contributed by atoms with Crippen molar-refractivity contribution in [3.63, 3.8) is 0 Å². The smallest absolute Gasteiger partial charge is 0.233 e. The number of rotatable bonds is 8. The van der Waals surface area contributed by atoms with Crippen molar-refractivity contribution in [1.29, 1.82) is 0 Å². The summed E-state index contributed by atoms with van der Waals surface area (Å²) in [6, 6.07) is 8.28. The molecule has 1 N–H and O–H groups in total. The second-order valence-corrected chi connectivity index (χ2v) is 7.10. The third-order valence-electron chi connectivity index (χ3n) is 3.46. The molecule has 0 aliphatic heterocycles. The van der Waals surface area contributed by atoms with Gasteiger partial charge in [0.1, 0.15) is 0 Å². The molecule has 0 unspecified atom stereocenters. The molecule has 0 bridgehead atoms. The highest BCUT2D eigenvalue weighted by Gasteiger charge is 2.12. The highest BCUT2D eigenvalue weighted by Crippen LogP contribution is 2.27. The Morgan fingerprint density at radius 2 is 1.87 bits per heavy atom. The van der Waals surface area contributed by atoms with Gasteiger partial charge < -0.3 is 10.2 Å². The first-order chi connectivity index (χ1) is 11.2. The number of nitrogens with one attached hydrogen (secondary N) is 1. The molecule has 1 aromatic heterocycles. The van der Waals surface area contributed by atoms with E-state index in [9.17, 15) is 4.79 Å². The molecule has 7 heteroatoms. The lowest BCUT2D eigenvalue weighted by atomic mass is 10.1. The summed E-state index contributed by atoms with van der Waals surface area (Å²) >= 11 is 2.90. The van der Waals surface area contributed by atoms with Gasteiger partial charge in [-0.2, -0.15) is 0 Å². The maximum absolute atomic E-state index is 12.0. The van der Waals surface area contributed by atoms with Gasteiger partial charge in [-0.3, -0.25) is 4.79 Å². The maximum Gasteiger partial charge on any atom is 0.233 e. The minimum absolute atomic E-state index is 0.139. The minimum atomic E-state index is 0.139. The number of hydrogen-bond donors (Lipinski definition) is 1. The molecule has 23 heavy (non-hydrogen) atoms. The van der Waals surface area contributed by atoms with Crippen LogP contribution in [0.15, 0.2) is 28.6 Å². The van der Waals surface area contributed by atoms with Gasteiger partial charge in [0.15, 0.2) is 4.34 Å². The fraction of sp³-hybridized carbons (Fsp3) is 0.438. The summed E-state index contributed by atoms with van der Waals surface area (Å²) in [7, 11) is 0. The summed E-state index contributed by atoms with van der Waals surface area (Å²) in [5.41, 5.74) is 2.30. The third-order valence-corrected chi connectivity index (χ3v) is 5.41. The lowest BCUT2D eigenvalue weighted by Crippen LogP contribution is -2.31. The second-order valence-electron chi connectivity index (χ2n) is 4.90. The molecule has 1 amide bonds. The Morgan fingerprint density at radius 3 is 2.48 bits per heavy atom. The molecule has 0 spiro atoms. The maximum atomic E-state index is 12.0.